The maximum atomic E-state index is 11.6. The Labute approximate surface area is 109 Å². The van der Waals surface area contributed by atoms with Gasteiger partial charge in [0.05, 0.1) is 11.8 Å². The van der Waals surface area contributed by atoms with Crippen LogP contribution in [-0.4, -0.2) is 24.7 Å². The van der Waals surface area contributed by atoms with Crippen molar-refractivity contribution < 1.29 is 9.53 Å². The first kappa shape index (κ1) is 13.2. The number of aliphatic imine (C=N–C) groups is 1. The van der Waals surface area contributed by atoms with E-state index in [-0.39, 0.29) is 17.8 Å². The molecule has 2 unspecified atom stereocenters. The summed E-state index contributed by atoms with van der Waals surface area (Å²) in [5.41, 5.74) is 1.71. The minimum atomic E-state index is 0.249. The van der Waals surface area contributed by atoms with E-state index in [1.807, 2.05) is 13.1 Å². The molecule has 0 bridgehead atoms. The molecule has 0 aromatic rings. The summed E-state index contributed by atoms with van der Waals surface area (Å²) in [6, 6.07) is 0. The van der Waals surface area contributed by atoms with E-state index in [0.717, 1.165) is 37.1 Å². The van der Waals surface area contributed by atoms with Gasteiger partial charge in [-0.05, 0) is 30.9 Å². The SMILES string of the molecule is C=C(CC(=O)CCC)C1=CC(C2CCCO2)C=N1. The monoisotopic (exact) mass is 247 g/mol. The van der Waals surface area contributed by atoms with E-state index >= 15 is 0 Å². The van der Waals surface area contributed by atoms with Crippen molar-refractivity contribution in [3.05, 3.63) is 23.9 Å². The second-order valence-electron chi connectivity index (χ2n) is 5.03. The molecule has 2 rings (SSSR count). The van der Waals surface area contributed by atoms with Gasteiger partial charge in [0.15, 0.2) is 0 Å². The van der Waals surface area contributed by atoms with E-state index in [1.54, 1.807) is 0 Å². The Bertz CT molecular complexity index is 389. The third kappa shape index (κ3) is 3.16. The molecule has 2 heterocycles. The van der Waals surface area contributed by atoms with Crippen LogP contribution in [0.25, 0.3) is 0 Å². The molecule has 18 heavy (non-hydrogen) atoms. The summed E-state index contributed by atoms with van der Waals surface area (Å²) >= 11 is 0. The Balaban J connectivity index is 1.90. The van der Waals surface area contributed by atoms with Gasteiger partial charge in [0.1, 0.15) is 5.78 Å². The molecule has 2 aliphatic rings. The predicted molar refractivity (Wildman–Crippen MR) is 72.7 cm³/mol. The summed E-state index contributed by atoms with van der Waals surface area (Å²) < 4.78 is 5.65. The molecular formula is C15H21NO2. The van der Waals surface area contributed by atoms with Crippen molar-refractivity contribution in [2.45, 2.75) is 45.1 Å². The van der Waals surface area contributed by atoms with E-state index in [1.165, 1.54) is 0 Å². The predicted octanol–water partition coefficient (Wildman–Crippen LogP) is 3.07. The van der Waals surface area contributed by atoms with Crippen molar-refractivity contribution >= 4 is 12.0 Å². The highest BCUT2D eigenvalue weighted by Gasteiger charge is 2.26. The molecule has 0 radical (unpaired) electrons. The minimum Gasteiger partial charge on any atom is -0.377 e. The molecule has 0 amide bonds. The number of Topliss-reactive ketones (excluding diaryl/α,β-unsaturated/α-hetero) is 1. The van der Waals surface area contributed by atoms with Crippen LogP contribution >= 0.6 is 0 Å². The van der Waals surface area contributed by atoms with Gasteiger partial charge < -0.3 is 4.74 Å². The van der Waals surface area contributed by atoms with Crippen molar-refractivity contribution in [2.75, 3.05) is 6.61 Å². The largest absolute Gasteiger partial charge is 0.377 e. The van der Waals surface area contributed by atoms with Crippen molar-refractivity contribution in [3.8, 4) is 0 Å². The lowest BCUT2D eigenvalue weighted by Gasteiger charge is -2.12. The number of allylic oxidation sites excluding steroid dienone is 1. The van der Waals surface area contributed by atoms with Crippen LogP contribution in [0.4, 0.5) is 0 Å². The molecule has 2 aliphatic heterocycles. The molecule has 3 heteroatoms. The van der Waals surface area contributed by atoms with Crippen molar-refractivity contribution in [2.24, 2.45) is 10.9 Å². The topological polar surface area (TPSA) is 38.7 Å². The molecule has 0 saturated carbocycles. The molecular weight excluding hydrogens is 226 g/mol. The third-order valence-corrected chi connectivity index (χ3v) is 3.43. The third-order valence-electron chi connectivity index (χ3n) is 3.43. The molecule has 0 N–H and O–H groups in total. The highest BCUT2D eigenvalue weighted by atomic mass is 16.5. The quantitative estimate of drug-likeness (QED) is 0.723. The van der Waals surface area contributed by atoms with Crippen LogP contribution in [-0.2, 0) is 9.53 Å². The van der Waals surface area contributed by atoms with E-state index < -0.39 is 0 Å². The Hall–Kier alpha value is -1.22. The lowest BCUT2D eigenvalue weighted by Crippen LogP contribution is -2.17. The van der Waals surface area contributed by atoms with Gasteiger partial charge in [-0.2, -0.15) is 0 Å². The molecule has 2 atom stereocenters. The number of hydrogen-bond acceptors (Lipinski definition) is 3. The van der Waals surface area contributed by atoms with Crippen LogP contribution in [0.5, 0.6) is 0 Å². The normalized spacial score (nSPS) is 26.4. The number of carbonyl (C=O) groups excluding carboxylic acids is 1. The Morgan fingerprint density at radius 2 is 2.44 bits per heavy atom. The molecule has 1 fully saturated rings. The molecule has 0 spiro atoms. The van der Waals surface area contributed by atoms with Gasteiger partial charge in [-0.1, -0.05) is 13.5 Å². The highest BCUT2D eigenvalue weighted by Crippen LogP contribution is 2.28. The summed E-state index contributed by atoms with van der Waals surface area (Å²) in [6.45, 7) is 6.85. The van der Waals surface area contributed by atoms with Crippen molar-refractivity contribution in [1.82, 2.24) is 0 Å². The van der Waals surface area contributed by atoms with Gasteiger partial charge in [-0.3, -0.25) is 9.79 Å². The molecule has 0 aromatic carbocycles. The van der Waals surface area contributed by atoms with Gasteiger partial charge >= 0.3 is 0 Å². The van der Waals surface area contributed by atoms with Crippen LogP contribution in [0, 0.1) is 5.92 Å². The van der Waals surface area contributed by atoms with Gasteiger partial charge in [0.25, 0.3) is 0 Å². The summed E-state index contributed by atoms with van der Waals surface area (Å²) in [7, 11) is 0. The first-order chi connectivity index (χ1) is 8.70. The average Bonchev–Trinajstić information content (AvgIpc) is 3.00. The average molecular weight is 247 g/mol. The lowest BCUT2D eigenvalue weighted by atomic mass is 9.99. The minimum absolute atomic E-state index is 0.249. The Morgan fingerprint density at radius 3 is 3.11 bits per heavy atom. The number of carbonyl (C=O) groups is 1. The number of ketones is 1. The van der Waals surface area contributed by atoms with Crippen molar-refractivity contribution in [3.63, 3.8) is 0 Å². The van der Waals surface area contributed by atoms with Crippen LogP contribution in [0.1, 0.15) is 39.0 Å². The van der Waals surface area contributed by atoms with Crippen LogP contribution in [0.3, 0.4) is 0 Å². The van der Waals surface area contributed by atoms with E-state index in [0.29, 0.717) is 12.8 Å². The van der Waals surface area contributed by atoms with E-state index in [9.17, 15) is 4.79 Å². The van der Waals surface area contributed by atoms with Gasteiger partial charge in [-0.15, -0.1) is 0 Å². The molecule has 3 nitrogen and oxygen atoms in total. The Morgan fingerprint density at radius 1 is 1.61 bits per heavy atom. The summed E-state index contributed by atoms with van der Waals surface area (Å²) in [6.07, 6.45) is 8.48. The maximum absolute atomic E-state index is 11.6. The molecule has 98 valence electrons. The first-order valence-corrected chi connectivity index (χ1v) is 6.78. The zero-order valence-corrected chi connectivity index (χ0v) is 11.0. The zero-order chi connectivity index (χ0) is 13.0. The Kier molecular flexibility index (Phi) is 4.48. The van der Waals surface area contributed by atoms with Crippen LogP contribution in [0.15, 0.2) is 28.9 Å². The number of rotatable bonds is 6. The van der Waals surface area contributed by atoms with Gasteiger partial charge in [0.2, 0.25) is 0 Å². The first-order valence-electron chi connectivity index (χ1n) is 6.78. The number of nitrogens with zero attached hydrogens (tertiary/aromatic N) is 1. The smallest absolute Gasteiger partial charge is 0.137 e. The fraction of sp³-hybridized carbons (Fsp3) is 0.600. The van der Waals surface area contributed by atoms with Crippen molar-refractivity contribution in [1.29, 1.82) is 0 Å². The highest BCUT2D eigenvalue weighted by molar-refractivity contribution is 5.82. The van der Waals surface area contributed by atoms with Gasteiger partial charge in [0, 0.05) is 31.6 Å². The molecule has 1 saturated heterocycles. The van der Waals surface area contributed by atoms with Crippen LogP contribution in [0.2, 0.25) is 0 Å². The number of hydrogen-bond donors (Lipinski definition) is 0. The molecule has 0 aromatic heterocycles. The molecule has 0 aliphatic carbocycles. The summed E-state index contributed by atoms with van der Waals surface area (Å²) in [5.74, 6) is 0.514. The summed E-state index contributed by atoms with van der Waals surface area (Å²) in [5, 5.41) is 0. The fourth-order valence-corrected chi connectivity index (χ4v) is 2.45. The van der Waals surface area contributed by atoms with Crippen LogP contribution < -0.4 is 0 Å². The number of ether oxygens (including phenoxy) is 1. The standard InChI is InChI=1S/C15H21NO2/c1-3-5-13(17)8-11(2)14-9-12(10-16-14)15-6-4-7-18-15/h9-10,12,15H,2-8H2,1H3. The van der Waals surface area contributed by atoms with E-state index in [4.69, 9.17) is 4.74 Å². The second-order valence-corrected chi connectivity index (χ2v) is 5.03. The lowest BCUT2D eigenvalue weighted by molar-refractivity contribution is -0.118. The maximum Gasteiger partial charge on any atom is 0.137 e. The second kappa shape index (κ2) is 6.10. The summed E-state index contributed by atoms with van der Waals surface area (Å²) in [4.78, 5) is 16.0. The van der Waals surface area contributed by atoms with Gasteiger partial charge in [-0.25, -0.2) is 0 Å². The fourth-order valence-electron chi connectivity index (χ4n) is 2.45. The van der Waals surface area contributed by atoms with E-state index in [2.05, 4.69) is 17.6 Å². The zero-order valence-electron chi connectivity index (χ0n) is 11.0.